The molecule has 0 aliphatic rings. The predicted octanol–water partition coefficient (Wildman–Crippen LogP) is 4.11. The maximum Gasteiger partial charge on any atom is 0.257 e. The van der Waals surface area contributed by atoms with Gasteiger partial charge in [0.2, 0.25) is 0 Å². The van der Waals surface area contributed by atoms with Crippen molar-refractivity contribution in [1.82, 2.24) is 4.98 Å². The molecule has 1 amide bonds. The van der Waals surface area contributed by atoms with E-state index in [4.69, 9.17) is 23.2 Å². The minimum Gasteiger partial charge on any atom is -0.505 e. The van der Waals surface area contributed by atoms with Gasteiger partial charge in [-0.1, -0.05) is 23.2 Å². The number of hydrogen-bond donors (Lipinski definition) is 2. The fraction of sp³-hybridized carbons (Fsp3) is 0. The number of phenolic OH excluding ortho intramolecular Hbond substituents is 1. The summed E-state index contributed by atoms with van der Waals surface area (Å²) in [6.07, 6.45) is 3.01. The fourth-order valence-electron chi connectivity index (χ4n) is 1.38. The molecule has 0 fully saturated rings. The van der Waals surface area contributed by atoms with Crippen molar-refractivity contribution >= 4 is 50.7 Å². The van der Waals surface area contributed by atoms with Gasteiger partial charge in [-0.05, 0) is 34.1 Å². The second-order valence-corrected chi connectivity index (χ2v) is 5.36. The zero-order valence-electron chi connectivity index (χ0n) is 9.32. The Morgan fingerprint density at radius 1 is 1.21 bits per heavy atom. The third-order valence-corrected chi connectivity index (χ3v) is 3.25. The number of anilines is 1. The Bertz CT molecular complexity index is 626. The summed E-state index contributed by atoms with van der Waals surface area (Å²) in [5.74, 6) is -0.572. The van der Waals surface area contributed by atoms with E-state index in [-0.39, 0.29) is 21.7 Å². The molecule has 2 rings (SSSR count). The van der Waals surface area contributed by atoms with Crippen LogP contribution >= 0.6 is 39.1 Å². The quantitative estimate of drug-likeness (QED) is 0.791. The number of carbonyl (C=O) groups excluding carboxylic acids is 1. The summed E-state index contributed by atoms with van der Waals surface area (Å²) in [6, 6.07) is 4.45. The van der Waals surface area contributed by atoms with Crippen LogP contribution in [0.3, 0.4) is 0 Å². The summed E-state index contributed by atoms with van der Waals surface area (Å²) in [5, 5.41) is 12.2. The summed E-state index contributed by atoms with van der Waals surface area (Å²) in [6.45, 7) is 0. The standard InChI is InChI=1S/C12H7BrCl2N2O2/c13-7-1-6(4-16-5-7)12(19)17-8-2-9(14)11(18)10(15)3-8/h1-5,18H,(H,17,19). The molecular weight excluding hydrogens is 355 g/mol. The molecule has 0 aliphatic heterocycles. The van der Waals surface area contributed by atoms with Crippen molar-refractivity contribution in [3.8, 4) is 5.75 Å². The first-order valence-electron chi connectivity index (χ1n) is 5.07. The van der Waals surface area contributed by atoms with Gasteiger partial charge in [-0.15, -0.1) is 0 Å². The summed E-state index contributed by atoms with van der Waals surface area (Å²) >= 11 is 14.8. The molecule has 0 atom stereocenters. The van der Waals surface area contributed by atoms with Crippen molar-refractivity contribution in [2.24, 2.45) is 0 Å². The summed E-state index contributed by atoms with van der Waals surface area (Å²) in [7, 11) is 0. The van der Waals surface area contributed by atoms with E-state index in [1.165, 1.54) is 18.3 Å². The van der Waals surface area contributed by atoms with E-state index in [1.54, 1.807) is 12.3 Å². The second kappa shape index (κ2) is 5.77. The van der Waals surface area contributed by atoms with Crippen LogP contribution in [-0.2, 0) is 0 Å². The van der Waals surface area contributed by atoms with Crippen LogP contribution in [-0.4, -0.2) is 16.0 Å². The van der Waals surface area contributed by atoms with Crippen molar-refractivity contribution in [3.63, 3.8) is 0 Å². The van der Waals surface area contributed by atoms with Crippen LogP contribution in [0, 0.1) is 0 Å². The number of benzene rings is 1. The Morgan fingerprint density at radius 2 is 1.84 bits per heavy atom. The number of halogens is 3. The molecule has 0 saturated carbocycles. The number of amides is 1. The summed E-state index contributed by atoms with van der Waals surface area (Å²) in [4.78, 5) is 15.8. The van der Waals surface area contributed by atoms with Gasteiger partial charge in [0.15, 0.2) is 5.75 Å². The van der Waals surface area contributed by atoms with Gasteiger partial charge in [-0.25, -0.2) is 0 Å². The first-order chi connectivity index (χ1) is 8.97. The number of hydrogen-bond acceptors (Lipinski definition) is 3. The number of nitrogens with one attached hydrogen (secondary N) is 1. The minimum atomic E-state index is -0.355. The van der Waals surface area contributed by atoms with Gasteiger partial charge in [0.25, 0.3) is 5.91 Å². The number of aromatic hydroxyl groups is 1. The van der Waals surface area contributed by atoms with E-state index in [2.05, 4.69) is 26.2 Å². The van der Waals surface area contributed by atoms with Gasteiger partial charge in [0.05, 0.1) is 15.6 Å². The molecule has 1 aromatic heterocycles. The molecule has 0 saturated heterocycles. The highest BCUT2D eigenvalue weighted by Crippen LogP contribution is 2.34. The Morgan fingerprint density at radius 3 is 2.42 bits per heavy atom. The molecule has 4 nitrogen and oxygen atoms in total. The average Bonchev–Trinajstić information content (AvgIpc) is 2.36. The van der Waals surface area contributed by atoms with E-state index >= 15 is 0 Å². The summed E-state index contributed by atoms with van der Waals surface area (Å²) < 4.78 is 0.696. The zero-order chi connectivity index (χ0) is 14.0. The van der Waals surface area contributed by atoms with Gasteiger partial charge >= 0.3 is 0 Å². The third-order valence-electron chi connectivity index (χ3n) is 2.24. The number of rotatable bonds is 2. The third kappa shape index (κ3) is 3.37. The molecule has 0 unspecified atom stereocenters. The molecule has 0 spiro atoms. The normalized spacial score (nSPS) is 10.3. The molecule has 0 aliphatic carbocycles. The molecule has 0 bridgehead atoms. The Labute approximate surface area is 127 Å². The Kier molecular flexibility index (Phi) is 4.29. The molecule has 7 heteroatoms. The molecular formula is C12H7BrCl2N2O2. The Hall–Kier alpha value is -1.30. The number of pyridine rings is 1. The van der Waals surface area contributed by atoms with E-state index in [0.717, 1.165) is 0 Å². The molecule has 19 heavy (non-hydrogen) atoms. The molecule has 1 aromatic carbocycles. The van der Waals surface area contributed by atoms with Gasteiger partial charge in [-0.2, -0.15) is 0 Å². The first-order valence-corrected chi connectivity index (χ1v) is 6.62. The van der Waals surface area contributed by atoms with Crippen molar-refractivity contribution in [2.75, 3.05) is 5.32 Å². The molecule has 2 N–H and O–H groups in total. The van der Waals surface area contributed by atoms with Crippen LogP contribution in [0.4, 0.5) is 5.69 Å². The van der Waals surface area contributed by atoms with Crippen molar-refractivity contribution < 1.29 is 9.90 Å². The first kappa shape index (κ1) is 14.1. The highest BCUT2D eigenvalue weighted by Gasteiger charge is 2.11. The maximum absolute atomic E-state index is 12.0. The lowest BCUT2D eigenvalue weighted by molar-refractivity contribution is 0.102. The van der Waals surface area contributed by atoms with Gasteiger partial charge in [0.1, 0.15) is 0 Å². The summed E-state index contributed by atoms with van der Waals surface area (Å²) in [5.41, 5.74) is 0.771. The van der Waals surface area contributed by atoms with E-state index in [0.29, 0.717) is 15.7 Å². The molecule has 0 radical (unpaired) electrons. The van der Waals surface area contributed by atoms with E-state index in [9.17, 15) is 9.90 Å². The predicted molar refractivity (Wildman–Crippen MR) is 78.0 cm³/mol. The van der Waals surface area contributed by atoms with Crippen LogP contribution in [0.2, 0.25) is 10.0 Å². The second-order valence-electron chi connectivity index (χ2n) is 3.63. The number of carbonyl (C=O) groups is 1. The minimum absolute atomic E-state index is 0.0650. The van der Waals surface area contributed by atoms with Gasteiger partial charge in [0, 0.05) is 22.6 Å². The molecule has 2 aromatic rings. The monoisotopic (exact) mass is 360 g/mol. The van der Waals surface area contributed by atoms with Gasteiger partial charge in [-0.3, -0.25) is 9.78 Å². The number of phenols is 1. The van der Waals surface area contributed by atoms with Crippen LogP contribution in [0.5, 0.6) is 5.75 Å². The highest BCUT2D eigenvalue weighted by molar-refractivity contribution is 9.10. The fourth-order valence-corrected chi connectivity index (χ4v) is 2.23. The SMILES string of the molecule is O=C(Nc1cc(Cl)c(O)c(Cl)c1)c1cncc(Br)c1. The highest BCUT2D eigenvalue weighted by atomic mass is 79.9. The lowest BCUT2D eigenvalue weighted by atomic mass is 10.2. The van der Waals surface area contributed by atoms with Gasteiger partial charge < -0.3 is 10.4 Å². The van der Waals surface area contributed by atoms with Crippen LogP contribution < -0.4 is 5.32 Å². The van der Waals surface area contributed by atoms with Crippen LogP contribution in [0.25, 0.3) is 0 Å². The maximum atomic E-state index is 12.0. The van der Waals surface area contributed by atoms with E-state index in [1.807, 2.05) is 0 Å². The largest absolute Gasteiger partial charge is 0.505 e. The average molecular weight is 362 g/mol. The van der Waals surface area contributed by atoms with Crippen LogP contribution in [0.15, 0.2) is 35.1 Å². The van der Waals surface area contributed by atoms with Crippen molar-refractivity contribution in [3.05, 3.63) is 50.7 Å². The van der Waals surface area contributed by atoms with Crippen LogP contribution in [0.1, 0.15) is 10.4 Å². The number of nitrogens with zero attached hydrogens (tertiary/aromatic N) is 1. The number of aromatic nitrogens is 1. The lowest BCUT2D eigenvalue weighted by Gasteiger charge is -2.08. The van der Waals surface area contributed by atoms with Crippen molar-refractivity contribution in [1.29, 1.82) is 0 Å². The smallest absolute Gasteiger partial charge is 0.257 e. The lowest BCUT2D eigenvalue weighted by Crippen LogP contribution is -2.12. The molecule has 1 heterocycles. The molecule has 98 valence electrons. The Balaban J connectivity index is 2.24. The zero-order valence-corrected chi connectivity index (χ0v) is 12.4. The van der Waals surface area contributed by atoms with E-state index < -0.39 is 0 Å². The van der Waals surface area contributed by atoms with Crippen molar-refractivity contribution in [2.45, 2.75) is 0 Å². The topological polar surface area (TPSA) is 62.2 Å².